The van der Waals surface area contributed by atoms with E-state index < -0.39 is 0 Å². The highest BCUT2D eigenvalue weighted by molar-refractivity contribution is 5.39. The second-order valence-corrected chi connectivity index (χ2v) is 6.82. The first-order chi connectivity index (χ1) is 9.88. The van der Waals surface area contributed by atoms with Crippen LogP contribution in [0.5, 0.6) is 0 Å². The maximum Gasteiger partial charge on any atom is 0.293 e. The fraction of sp³-hybridized carbons (Fsp3) is 0.750. The van der Waals surface area contributed by atoms with E-state index in [1.54, 1.807) is 17.0 Å². The monoisotopic (exact) mass is 292 g/mol. The van der Waals surface area contributed by atoms with Crippen LogP contribution in [0.3, 0.4) is 0 Å². The molecular weight excluding hydrogens is 264 g/mol. The van der Waals surface area contributed by atoms with Crippen LogP contribution in [-0.2, 0) is 5.54 Å². The molecule has 1 aliphatic rings. The number of hydrogen-bond acceptors (Lipinski definition) is 4. The Morgan fingerprint density at radius 3 is 2.62 bits per heavy atom. The Labute approximate surface area is 127 Å². The largest absolute Gasteiger partial charge is 0.346 e. The Bertz CT molecular complexity index is 532. The van der Waals surface area contributed by atoms with E-state index >= 15 is 0 Å². The van der Waals surface area contributed by atoms with Crippen molar-refractivity contribution in [1.29, 1.82) is 0 Å². The third-order valence-electron chi connectivity index (χ3n) is 4.28. The summed E-state index contributed by atoms with van der Waals surface area (Å²) in [7, 11) is 0. The van der Waals surface area contributed by atoms with Crippen LogP contribution in [0, 0.1) is 0 Å². The molecule has 1 aliphatic heterocycles. The van der Waals surface area contributed by atoms with Crippen LogP contribution in [0.1, 0.15) is 47.5 Å². The van der Waals surface area contributed by atoms with Gasteiger partial charge < -0.3 is 14.8 Å². The Kier molecular flexibility index (Phi) is 4.71. The van der Waals surface area contributed by atoms with Crippen LogP contribution in [0.25, 0.3) is 0 Å². The van der Waals surface area contributed by atoms with E-state index in [9.17, 15) is 4.79 Å². The van der Waals surface area contributed by atoms with Gasteiger partial charge in [-0.25, -0.2) is 4.98 Å². The zero-order valence-electron chi connectivity index (χ0n) is 13.9. The number of nitrogens with one attached hydrogen (secondary N) is 1. The lowest BCUT2D eigenvalue weighted by Gasteiger charge is -2.40. The van der Waals surface area contributed by atoms with E-state index in [2.05, 4.69) is 29.0 Å². The molecule has 1 aromatic heterocycles. The number of hydrogen-bond donors (Lipinski definition) is 1. The molecule has 0 aliphatic carbocycles. The fourth-order valence-electron chi connectivity index (χ4n) is 2.89. The average Bonchev–Trinajstić information content (AvgIpc) is 2.45. The molecule has 21 heavy (non-hydrogen) atoms. The number of piperazine rings is 1. The second-order valence-electron chi connectivity index (χ2n) is 6.82. The maximum atomic E-state index is 12.8. The van der Waals surface area contributed by atoms with Gasteiger partial charge in [-0.1, -0.05) is 13.8 Å². The van der Waals surface area contributed by atoms with E-state index in [1.807, 2.05) is 20.8 Å². The van der Waals surface area contributed by atoms with Crippen molar-refractivity contribution in [3.63, 3.8) is 0 Å². The third kappa shape index (κ3) is 3.28. The van der Waals surface area contributed by atoms with Crippen molar-refractivity contribution >= 4 is 5.82 Å². The highest BCUT2D eigenvalue weighted by Crippen LogP contribution is 2.18. The highest BCUT2D eigenvalue weighted by atomic mass is 16.1. The molecule has 118 valence electrons. The molecule has 0 spiro atoms. The van der Waals surface area contributed by atoms with Crippen LogP contribution >= 0.6 is 0 Å². The molecular formula is C16H28N4O. The fourth-order valence-corrected chi connectivity index (χ4v) is 2.89. The van der Waals surface area contributed by atoms with Crippen molar-refractivity contribution in [3.8, 4) is 0 Å². The molecule has 2 rings (SSSR count). The van der Waals surface area contributed by atoms with E-state index in [1.165, 1.54) is 0 Å². The Morgan fingerprint density at radius 1 is 1.33 bits per heavy atom. The van der Waals surface area contributed by atoms with Crippen molar-refractivity contribution in [2.45, 2.75) is 65.1 Å². The van der Waals surface area contributed by atoms with Gasteiger partial charge in [0, 0.05) is 43.1 Å². The highest BCUT2D eigenvalue weighted by Gasteiger charge is 2.29. The predicted molar refractivity (Wildman–Crippen MR) is 87.0 cm³/mol. The summed E-state index contributed by atoms with van der Waals surface area (Å²) in [5.41, 5.74) is -0.213. The number of rotatable bonds is 3. The Morgan fingerprint density at radius 2 is 2.05 bits per heavy atom. The summed E-state index contributed by atoms with van der Waals surface area (Å²) in [6, 6.07) is 0.765. The predicted octanol–water partition coefficient (Wildman–Crippen LogP) is 1.97. The summed E-state index contributed by atoms with van der Waals surface area (Å²) in [6.07, 6.45) is 5.60. The summed E-state index contributed by atoms with van der Waals surface area (Å²) >= 11 is 0. The topological polar surface area (TPSA) is 50.2 Å². The molecule has 0 amide bonds. The number of aromatic nitrogens is 2. The van der Waals surface area contributed by atoms with E-state index in [4.69, 9.17) is 0 Å². The maximum absolute atomic E-state index is 12.8. The molecule has 2 unspecified atom stereocenters. The molecule has 1 N–H and O–H groups in total. The molecule has 0 radical (unpaired) electrons. The molecule has 5 heteroatoms. The molecule has 2 atom stereocenters. The zero-order chi connectivity index (χ0) is 15.6. The minimum atomic E-state index is -0.228. The molecule has 1 saturated heterocycles. The van der Waals surface area contributed by atoms with Crippen LogP contribution in [-0.4, -0.2) is 34.7 Å². The van der Waals surface area contributed by atoms with Crippen LogP contribution < -0.4 is 15.8 Å². The van der Waals surface area contributed by atoms with Crippen LogP contribution in [0.2, 0.25) is 0 Å². The van der Waals surface area contributed by atoms with Gasteiger partial charge in [0.05, 0.1) is 0 Å². The summed E-state index contributed by atoms with van der Waals surface area (Å²) < 4.78 is 1.78. The van der Waals surface area contributed by atoms with E-state index in [0.717, 1.165) is 25.9 Å². The molecule has 0 bridgehead atoms. The zero-order valence-corrected chi connectivity index (χ0v) is 13.9. The van der Waals surface area contributed by atoms with Crippen LogP contribution in [0.15, 0.2) is 17.2 Å². The Balaban J connectivity index is 2.41. The van der Waals surface area contributed by atoms with Crippen molar-refractivity contribution < 1.29 is 0 Å². The minimum absolute atomic E-state index is 0.0141. The van der Waals surface area contributed by atoms with E-state index in [-0.39, 0.29) is 11.1 Å². The smallest absolute Gasteiger partial charge is 0.293 e. The molecule has 1 fully saturated rings. The van der Waals surface area contributed by atoms with Crippen molar-refractivity contribution in [1.82, 2.24) is 14.9 Å². The van der Waals surface area contributed by atoms with Gasteiger partial charge in [0.2, 0.25) is 0 Å². The quantitative estimate of drug-likeness (QED) is 0.925. The third-order valence-corrected chi connectivity index (χ3v) is 4.28. The minimum Gasteiger partial charge on any atom is -0.346 e. The number of anilines is 1. The normalized spacial score (nSPS) is 23.4. The van der Waals surface area contributed by atoms with Gasteiger partial charge in [-0.3, -0.25) is 4.79 Å². The summed E-state index contributed by atoms with van der Waals surface area (Å²) in [4.78, 5) is 19.4. The van der Waals surface area contributed by atoms with Gasteiger partial charge in [0.25, 0.3) is 5.56 Å². The summed E-state index contributed by atoms with van der Waals surface area (Å²) in [5.74, 6) is 0.597. The lowest BCUT2D eigenvalue weighted by molar-refractivity contribution is 0.363. The van der Waals surface area contributed by atoms with Gasteiger partial charge in [-0.2, -0.15) is 0 Å². The molecule has 2 heterocycles. The van der Waals surface area contributed by atoms with Crippen LogP contribution in [0.4, 0.5) is 5.82 Å². The van der Waals surface area contributed by atoms with Gasteiger partial charge in [-0.05, 0) is 33.6 Å². The van der Waals surface area contributed by atoms with Crippen molar-refractivity contribution in [2.24, 2.45) is 0 Å². The first-order valence-electron chi connectivity index (χ1n) is 7.96. The average molecular weight is 292 g/mol. The Hall–Kier alpha value is -1.36. The summed E-state index contributed by atoms with van der Waals surface area (Å²) in [5, 5.41) is 3.56. The SMILES string of the molecule is CCC1CN(c2nccn(C(C)(C)C)c2=O)C(CC)CN1. The van der Waals surface area contributed by atoms with E-state index in [0.29, 0.717) is 17.9 Å². The first-order valence-corrected chi connectivity index (χ1v) is 7.96. The first kappa shape index (κ1) is 16.0. The lowest BCUT2D eigenvalue weighted by atomic mass is 10.1. The van der Waals surface area contributed by atoms with Gasteiger partial charge >= 0.3 is 0 Å². The van der Waals surface area contributed by atoms with Gasteiger partial charge in [0.15, 0.2) is 5.82 Å². The molecule has 0 aromatic carbocycles. The lowest BCUT2D eigenvalue weighted by Crippen LogP contribution is -2.58. The van der Waals surface area contributed by atoms with Gasteiger partial charge in [-0.15, -0.1) is 0 Å². The molecule has 0 saturated carbocycles. The number of nitrogens with zero attached hydrogens (tertiary/aromatic N) is 3. The molecule has 1 aromatic rings. The standard InChI is InChI=1S/C16H28N4O/c1-6-12-11-19(13(7-2)10-18-12)14-15(21)20(9-8-17-14)16(3,4)5/h8-9,12-13,18H,6-7,10-11H2,1-5H3. The van der Waals surface area contributed by atoms with Crippen molar-refractivity contribution in [2.75, 3.05) is 18.0 Å². The van der Waals surface area contributed by atoms with Crippen molar-refractivity contribution in [3.05, 3.63) is 22.7 Å². The summed E-state index contributed by atoms with van der Waals surface area (Å²) in [6.45, 7) is 12.2. The second kappa shape index (κ2) is 6.18. The molecule has 5 nitrogen and oxygen atoms in total. The van der Waals surface area contributed by atoms with Gasteiger partial charge in [0.1, 0.15) is 0 Å².